The maximum absolute atomic E-state index is 12.8. The highest BCUT2D eigenvalue weighted by Crippen LogP contribution is 2.49. The number of halogens is 1. The van der Waals surface area contributed by atoms with Gasteiger partial charge in [-0.25, -0.2) is 0 Å². The Labute approximate surface area is 139 Å². The van der Waals surface area contributed by atoms with E-state index in [2.05, 4.69) is 5.32 Å². The van der Waals surface area contributed by atoms with Gasteiger partial charge in [-0.2, -0.15) is 0 Å². The van der Waals surface area contributed by atoms with Gasteiger partial charge in [-0.3, -0.25) is 4.79 Å². The lowest BCUT2D eigenvalue weighted by molar-refractivity contribution is -0.118. The SMILES string of the molecule is O=C(Nc1ccc2c(c1)OCCO2)C1(c2cccc(Cl)c2)CC1. The van der Waals surface area contributed by atoms with Crippen LogP contribution >= 0.6 is 11.6 Å². The average Bonchev–Trinajstić information content (AvgIpc) is 3.37. The van der Waals surface area contributed by atoms with Crippen molar-refractivity contribution in [3.63, 3.8) is 0 Å². The summed E-state index contributed by atoms with van der Waals surface area (Å²) in [7, 11) is 0. The van der Waals surface area contributed by atoms with Gasteiger partial charge in [-0.05, 0) is 42.7 Å². The quantitative estimate of drug-likeness (QED) is 0.932. The van der Waals surface area contributed by atoms with E-state index in [1.807, 2.05) is 36.4 Å². The van der Waals surface area contributed by atoms with Gasteiger partial charge in [0.15, 0.2) is 11.5 Å². The Hall–Kier alpha value is -2.20. The molecule has 118 valence electrons. The van der Waals surface area contributed by atoms with Crippen LogP contribution in [0.1, 0.15) is 18.4 Å². The minimum atomic E-state index is -0.460. The van der Waals surface area contributed by atoms with Crippen molar-refractivity contribution < 1.29 is 14.3 Å². The zero-order valence-electron chi connectivity index (χ0n) is 12.5. The minimum Gasteiger partial charge on any atom is -0.486 e. The molecule has 0 radical (unpaired) electrons. The van der Waals surface area contributed by atoms with Gasteiger partial charge in [0.2, 0.25) is 5.91 Å². The van der Waals surface area contributed by atoms with Gasteiger partial charge in [0.05, 0.1) is 5.41 Å². The number of hydrogen-bond acceptors (Lipinski definition) is 3. The summed E-state index contributed by atoms with van der Waals surface area (Å²) < 4.78 is 11.0. The van der Waals surface area contributed by atoms with Crippen LogP contribution in [0.5, 0.6) is 11.5 Å². The third-order valence-corrected chi connectivity index (χ3v) is 4.60. The second kappa shape index (κ2) is 5.46. The van der Waals surface area contributed by atoms with Crippen LogP contribution in [0.4, 0.5) is 5.69 Å². The monoisotopic (exact) mass is 329 g/mol. The van der Waals surface area contributed by atoms with Crippen LogP contribution in [0.15, 0.2) is 42.5 Å². The number of carbonyl (C=O) groups excluding carboxylic acids is 1. The van der Waals surface area contributed by atoms with Crippen molar-refractivity contribution in [1.82, 2.24) is 0 Å². The van der Waals surface area contributed by atoms with Gasteiger partial charge < -0.3 is 14.8 Å². The smallest absolute Gasteiger partial charge is 0.235 e. The van der Waals surface area contributed by atoms with Gasteiger partial charge >= 0.3 is 0 Å². The van der Waals surface area contributed by atoms with Crippen LogP contribution in [0.3, 0.4) is 0 Å². The molecule has 0 aromatic heterocycles. The van der Waals surface area contributed by atoms with E-state index in [-0.39, 0.29) is 5.91 Å². The lowest BCUT2D eigenvalue weighted by Gasteiger charge is -2.20. The van der Waals surface area contributed by atoms with E-state index in [0.717, 1.165) is 18.4 Å². The molecule has 0 spiro atoms. The van der Waals surface area contributed by atoms with E-state index in [1.165, 1.54) is 0 Å². The lowest BCUT2D eigenvalue weighted by Crippen LogP contribution is -2.28. The molecule has 1 N–H and O–H groups in total. The molecule has 5 heteroatoms. The fourth-order valence-corrected chi connectivity index (χ4v) is 3.12. The van der Waals surface area contributed by atoms with Crippen molar-refractivity contribution in [2.45, 2.75) is 18.3 Å². The zero-order chi connectivity index (χ0) is 15.9. The number of nitrogens with one attached hydrogen (secondary N) is 1. The molecule has 1 aliphatic heterocycles. The van der Waals surface area contributed by atoms with Crippen LogP contribution in [-0.2, 0) is 10.2 Å². The molecular formula is C18H16ClNO3. The average molecular weight is 330 g/mol. The first-order valence-corrected chi connectivity index (χ1v) is 8.02. The molecule has 1 saturated carbocycles. The van der Waals surface area contributed by atoms with Crippen molar-refractivity contribution in [2.75, 3.05) is 18.5 Å². The number of ether oxygens (including phenoxy) is 2. The fourth-order valence-electron chi connectivity index (χ4n) is 2.93. The van der Waals surface area contributed by atoms with Gasteiger partial charge in [-0.15, -0.1) is 0 Å². The van der Waals surface area contributed by atoms with Crippen LogP contribution in [0.25, 0.3) is 0 Å². The Morgan fingerprint density at radius 1 is 1.04 bits per heavy atom. The molecule has 0 bridgehead atoms. The number of fused-ring (bicyclic) bond motifs is 1. The molecule has 4 rings (SSSR count). The summed E-state index contributed by atoms with van der Waals surface area (Å²) >= 11 is 6.06. The first kappa shape index (κ1) is 14.4. The zero-order valence-corrected chi connectivity index (χ0v) is 13.2. The second-order valence-corrected chi connectivity index (χ2v) is 6.34. The lowest BCUT2D eigenvalue weighted by atomic mass is 9.95. The van der Waals surface area contributed by atoms with Crippen molar-refractivity contribution in [2.24, 2.45) is 0 Å². The van der Waals surface area contributed by atoms with E-state index in [9.17, 15) is 4.79 Å². The molecule has 23 heavy (non-hydrogen) atoms. The Balaban J connectivity index is 1.56. The number of hydrogen-bond donors (Lipinski definition) is 1. The Kier molecular flexibility index (Phi) is 3.42. The molecule has 4 nitrogen and oxygen atoms in total. The summed E-state index contributed by atoms with van der Waals surface area (Å²) in [5.74, 6) is 1.38. The number of rotatable bonds is 3. The van der Waals surface area contributed by atoms with E-state index >= 15 is 0 Å². The normalized spacial score (nSPS) is 17.4. The van der Waals surface area contributed by atoms with E-state index in [4.69, 9.17) is 21.1 Å². The Morgan fingerprint density at radius 3 is 2.57 bits per heavy atom. The van der Waals surface area contributed by atoms with Gasteiger partial charge in [0.25, 0.3) is 0 Å². The summed E-state index contributed by atoms with van der Waals surface area (Å²) in [4.78, 5) is 12.8. The predicted octanol–water partition coefficient (Wildman–Crippen LogP) is 3.78. The Bertz CT molecular complexity index is 771. The number of anilines is 1. The number of carbonyl (C=O) groups is 1. The number of amides is 1. The largest absolute Gasteiger partial charge is 0.486 e. The molecule has 2 aliphatic rings. The summed E-state index contributed by atoms with van der Waals surface area (Å²) in [6.45, 7) is 1.08. The van der Waals surface area contributed by atoms with Crippen molar-refractivity contribution >= 4 is 23.2 Å². The molecule has 0 unspecified atom stereocenters. The molecule has 1 fully saturated rings. The van der Waals surface area contributed by atoms with Crippen LogP contribution < -0.4 is 14.8 Å². The first-order valence-electron chi connectivity index (χ1n) is 7.65. The second-order valence-electron chi connectivity index (χ2n) is 5.91. The third-order valence-electron chi connectivity index (χ3n) is 4.36. The standard InChI is InChI=1S/C18H16ClNO3/c19-13-3-1-2-12(10-13)18(6-7-18)17(21)20-14-4-5-15-16(11-14)23-9-8-22-15/h1-5,10-11H,6-9H2,(H,20,21). The topological polar surface area (TPSA) is 47.6 Å². The predicted molar refractivity (Wildman–Crippen MR) is 88.4 cm³/mol. The highest BCUT2D eigenvalue weighted by atomic mass is 35.5. The molecule has 2 aromatic rings. The van der Waals surface area contributed by atoms with E-state index < -0.39 is 5.41 Å². The van der Waals surface area contributed by atoms with E-state index in [0.29, 0.717) is 35.4 Å². The number of benzene rings is 2. The molecular weight excluding hydrogens is 314 g/mol. The summed E-state index contributed by atoms with van der Waals surface area (Å²) in [6.07, 6.45) is 1.67. The van der Waals surface area contributed by atoms with Crippen LogP contribution in [0.2, 0.25) is 5.02 Å². The maximum atomic E-state index is 12.8. The van der Waals surface area contributed by atoms with Gasteiger partial charge in [0, 0.05) is 16.8 Å². The van der Waals surface area contributed by atoms with Gasteiger partial charge in [-0.1, -0.05) is 23.7 Å². The van der Waals surface area contributed by atoms with E-state index in [1.54, 1.807) is 6.07 Å². The molecule has 2 aromatic carbocycles. The van der Waals surface area contributed by atoms with Gasteiger partial charge in [0.1, 0.15) is 13.2 Å². The van der Waals surface area contributed by atoms with Crippen molar-refractivity contribution in [3.05, 3.63) is 53.1 Å². The molecule has 0 saturated heterocycles. The summed E-state index contributed by atoms with van der Waals surface area (Å²) in [6, 6.07) is 13.0. The van der Waals surface area contributed by atoms with Crippen LogP contribution in [0, 0.1) is 0 Å². The summed E-state index contributed by atoms with van der Waals surface area (Å²) in [5, 5.41) is 3.65. The molecule has 1 heterocycles. The summed E-state index contributed by atoms with van der Waals surface area (Å²) in [5.41, 5.74) is 1.23. The first-order chi connectivity index (χ1) is 11.2. The fraction of sp³-hybridized carbons (Fsp3) is 0.278. The van der Waals surface area contributed by atoms with Crippen LogP contribution in [-0.4, -0.2) is 19.1 Å². The minimum absolute atomic E-state index is 0.00329. The maximum Gasteiger partial charge on any atom is 0.235 e. The highest BCUT2D eigenvalue weighted by molar-refractivity contribution is 6.30. The molecule has 1 amide bonds. The third kappa shape index (κ3) is 2.63. The van der Waals surface area contributed by atoms with Crippen molar-refractivity contribution in [3.8, 4) is 11.5 Å². The highest BCUT2D eigenvalue weighted by Gasteiger charge is 2.51. The molecule has 1 aliphatic carbocycles. The molecule has 0 atom stereocenters. The Morgan fingerprint density at radius 2 is 1.83 bits per heavy atom. The van der Waals surface area contributed by atoms with Crippen molar-refractivity contribution in [1.29, 1.82) is 0 Å².